The van der Waals surface area contributed by atoms with Crippen molar-refractivity contribution in [3.63, 3.8) is 0 Å². The van der Waals surface area contributed by atoms with Crippen LogP contribution >= 0.6 is 22.6 Å². The van der Waals surface area contributed by atoms with Crippen LogP contribution < -0.4 is 5.32 Å². The largest absolute Gasteiger partial charge is 0.417 e. The number of nitrogens with one attached hydrogen (secondary N) is 1. The Morgan fingerprint density at radius 3 is 2.37 bits per heavy atom. The van der Waals surface area contributed by atoms with E-state index in [1.54, 1.807) is 0 Å². The molecular weight excluding hydrogens is 370 g/mol. The van der Waals surface area contributed by atoms with Crippen LogP contribution in [0.5, 0.6) is 0 Å². The lowest BCUT2D eigenvalue weighted by Crippen LogP contribution is -2.40. The molecule has 0 saturated carbocycles. The van der Waals surface area contributed by atoms with Crippen molar-refractivity contribution in [2.75, 3.05) is 4.43 Å². The second-order valence-electron chi connectivity index (χ2n) is 4.52. The van der Waals surface area contributed by atoms with Crippen molar-refractivity contribution in [3.8, 4) is 0 Å². The van der Waals surface area contributed by atoms with E-state index in [0.717, 1.165) is 6.07 Å². The van der Waals surface area contributed by atoms with Gasteiger partial charge in [0.2, 0.25) is 0 Å². The van der Waals surface area contributed by atoms with Gasteiger partial charge in [0.25, 0.3) is 5.91 Å². The van der Waals surface area contributed by atoms with Crippen molar-refractivity contribution in [3.05, 3.63) is 35.4 Å². The van der Waals surface area contributed by atoms with E-state index in [1.807, 2.05) is 13.8 Å². The summed E-state index contributed by atoms with van der Waals surface area (Å²) in [5.74, 6) is -0.512. The van der Waals surface area contributed by atoms with Gasteiger partial charge in [-0.25, -0.2) is 0 Å². The number of carbonyl (C=O) groups is 1. The van der Waals surface area contributed by atoms with Crippen LogP contribution in [0, 0.1) is 5.92 Å². The minimum Gasteiger partial charge on any atom is -0.348 e. The summed E-state index contributed by atoms with van der Waals surface area (Å²) in [4.78, 5) is 12.0. The van der Waals surface area contributed by atoms with Crippen molar-refractivity contribution in [1.29, 1.82) is 0 Å². The highest BCUT2D eigenvalue weighted by atomic mass is 127. The van der Waals surface area contributed by atoms with Crippen molar-refractivity contribution in [1.82, 2.24) is 5.32 Å². The van der Waals surface area contributed by atoms with Crippen LogP contribution in [0.25, 0.3) is 0 Å². The molecular formula is C13H15F3INO. The quantitative estimate of drug-likeness (QED) is 0.619. The molecule has 1 atom stereocenters. The number of carbonyl (C=O) groups excluding carboxylic acids is 1. The summed E-state index contributed by atoms with van der Waals surface area (Å²) < 4.78 is 39.1. The number of rotatable bonds is 4. The van der Waals surface area contributed by atoms with Gasteiger partial charge in [-0.05, 0) is 18.1 Å². The van der Waals surface area contributed by atoms with Gasteiger partial charge in [-0.3, -0.25) is 4.79 Å². The molecule has 0 heterocycles. The molecule has 1 aromatic carbocycles. The van der Waals surface area contributed by atoms with Crippen molar-refractivity contribution in [2.45, 2.75) is 26.1 Å². The molecule has 1 rings (SSSR count). The SMILES string of the molecule is CC(C)C(CI)NC(=O)c1ccccc1C(F)(F)F. The van der Waals surface area contributed by atoms with Gasteiger partial charge in [-0.15, -0.1) is 0 Å². The van der Waals surface area contributed by atoms with Crippen LogP contribution in [0.2, 0.25) is 0 Å². The molecule has 2 nitrogen and oxygen atoms in total. The first-order valence-corrected chi connectivity index (χ1v) is 7.33. The van der Waals surface area contributed by atoms with Crippen LogP contribution in [0.4, 0.5) is 13.2 Å². The van der Waals surface area contributed by atoms with Gasteiger partial charge in [0.1, 0.15) is 0 Å². The predicted octanol–water partition coefficient (Wildman–Crippen LogP) is 3.89. The average molecular weight is 385 g/mol. The average Bonchev–Trinajstić information content (AvgIpc) is 2.34. The molecule has 1 amide bonds. The Balaban J connectivity index is 3.01. The first-order valence-electron chi connectivity index (χ1n) is 5.80. The summed E-state index contributed by atoms with van der Waals surface area (Å²) in [5.41, 5.74) is -1.23. The van der Waals surface area contributed by atoms with Crippen LogP contribution in [-0.2, 0) is 6.18 Å². The third-order valence-electron chi connectivity index (χ3n) is 2.76. The van der Waals surface area contributed by atoms with Crippen LogP contribution in [0.15, 0.2) is 24.3 Å². The molecule has 106 valence electrons. The lowest BCUT2D eigenvalue weighted by atomic mass is 10.0. The molecule has 0 aliphatic heterocycles. The fourth-order valence-electron chi connectivity index (χ4n) is 1.56. The Bertz CT molecular complexity index is 446. The lowest BCUT2D eigenvalue weighted by Gasteiger charge is -2.21. The third-order valence-corrected chi connectivity index (χ3v) is 3.71. The molecule has 0 spiro atoms. The molecule has 1 aromatic rings. The van der Waals surface area contributed by atoms with E-state index >= 15 is 0 Å². The maximum absolute atomic E-state index is 12.8. The molecule has 6 heteroatoms. The molecule has 0 radical (unpaired) electrons. The zero-order chi connectivity index (χ0) is 14.6. The molecule has 0 aliphatic rings. The van der Waals surface area contributed by atoms with Gasteiger partial charge in [0.15, 0.2) is 0 Å². The number of amides is 1. The Kier molecular flexibility index (Phi) is 5.64. The maximum Gasteiger partial charge on any atom is 0.417 e. The number of halogens is 4. The van der Waals surface area contributed by atoms with Crippen molar-refractivity contribution in [2.24, 2.45) is 5.92 Å². The summed E-state index contributed by atoms with van der Waals surface area (Å²) in [5, 5.41) is 2.65. The summed E-state index contributed by atoms with van der Waals surface area (Å²) in [6.07, 6.45) is -4.52. The minimum absolute atomic E-state index is 0.144. The van der Waals surface area contributed by atoms with E-state index in [2.05, 4.69) is 27.9 Å². The molecule has 19 heavy (non-hydrogen) atoms. The smallest absolute Gasteiger partial charge is 0.348 e. The van der Waals surface area contributed by atoms with Gasteiger partial charge in [-0.2, -0.15) is 13.2 Å². The maximum atomic E-state index is 12.8. The van der Waals surface area contributed by atoms with E-state index in [4.69, 9.17) is 0 Å². The van der Waals surface area contributed by atoms with Crippen LogP contribution in [0.1, 0.15) is 29.8 Å². The first-order chi connectivity index (χ1) is 8.77. The number of hydrogen-bond acceptors (Lipinski definition) is 1. The first kappa shape index (κ1) is 16.3. The zero-order valence-electron chi connectivity index (χ0n) is 10.6. The Morgan fingerprint density at radius 2 is 1.89 bits per heavy atom. The molecule has 0 aliphatic carbocycles. The highest BCUT2D eigenvalue weighted by Gasteiger charge is 2.35. The summed E-state index contributed by atoms with van der Waals surface area (Å²) >= 11 is 2.11. The second-order valence-corrected chi connectivity index (χ2v) is 5.40. The van der Waals surface area contributed by atoms with Crippen LogP contribution in [-0.4, -0.2) is 16.4 Å². The van der Waals surface area contributed by atoms with E-state index in [1.165, 1.54) is 18.2 Å². The number of hydrogen-bond donors (Lipinski definition) is 1. The van der Waals surface area contributed by atoms with Gasteiger partial charge in [-0.1, -0.05) is 48.6 Å². The highest BCUT2D eigenvalue weighted by molar-refractivity contribution is 14.1. The molecule has 1 N–H and O–H groups in total. The Hall–Kier alpha value is -0.790. The van der Waals surface area contributed by atoms with E-state index in [0.29, 0.717) is 4.43 Å². The normalized spacial score (nSPS) is 13.4. The summed E-state index contributed by atoms with van der Waals surface area (Å²) in [7, 11) is 0. The third kappa shape index (κ3) is 4.36. The van der Waals surface area contributed by atoms with Gasteiger partial charge in [0.05, 0.1) is 11.1 Å². The molecule has 0 fully saturated rings. The van der Waals surface area contributed by atoms with Crippen molar-refractivity contribution >= 4 is 28.5 Å². The van der Waals surface area contributed by atoms with Gasteiger partial charge >= 0.3 is 6.18 Å². The standard InChI is InChI=1S/C13H15F3INO/c1-8(2)11(7-17)18-12(19)9-5-3-4-6-10(9)13(14,15)16/h3-6,8,11H,7H2,1-2H3,(H,18,19). The van der Waals surface area contributed by atoms with Crippen LogP contribution in [0.3, 0.4) is 0 Å². The predicted molar refractivity (Wildman–Crippen MR) is 76.4 cm³/mol. The van der Waals surface area contributed by atoms with Crippen molar-refractivity contribution < 1.29 is 18.0 Å². The summed E-state index contributed by atoms with van der Waals surface area (Å²) in [6, 6.07) is 4.68. The molecule has 0 aromatic heterocycles. The Morgan fingerprint density at radius 1 is 1.32 bits per heavy atom. The molecule has 0 bridgehead atoms. The second kappa shape index (κ2) is 6.58. The van der Waals surface area contributed by atoms with Gasteiger partial charge < -0.3 is 5.32 Å². The fourth-order valence-corrected chi connectivity index (χ4v) is 2.80. The zero-order valence-corrected chi connectivity index (χ0v) is 12.7. The lowest BCUT2D eigenvalue weighted by molar-refractivity contribution is -0.137. The van der Waals surface area contributed by atoms with E-state index in [9.17, 15) is 18.0 Å². The summed E-state index contributed by atoms with van der Waals surface area (Å²) in [6.45, 7) is 3.83. The molecule has 0 saturated heterocycles. The fraction of sp³-hybridized carbons (Fsp3) is 0.462. The molecule has 1 unspecified atom stereocenters. The topological polar surface area (TPSA) is 29.1 Å². The van der Waals surface area contributed by atoms with E-state index in [-0.39, 0.29) is 17.5 Å². The Labute approximate surface area is 123 Å². The minimum atomic E-state index is -4.52. The number of benzene rings is 1. The van der Waals surface area contributed by atoms with E-state index < -0.39 is 17.6 Å². The number of alkyl halides is 4. The van der Waals surface area contributed by atoms with Gasteiger partial charge in [0, 0.05) is 10.5 Å². The highest BCUT2D eigenvalue weighted by Crippen LogP contribution is 2.31. The monoisotopic (exact) mass is 385 g/mol.